The Bertz CT molecular complexity index is 383. The molecule has 1 heterocycles. The van der Waals surface area contributed by atoms with Crippen molar-refractivity contribution in [3.8, 4) is 0 Å². The van der Waals surface area contributed by atoms with E-state index in [-0.39, 0.29) is 5.69 Å². The molecule has 0 atom stereocenters. The first-order valence-electron chi connectivity index (χ1n) is 6.07. The number of hydrogen-bond acceptors (Lipinski definition) is 6. The second kappa shape index (κ2) is 8.39. The van der Waals surface area contributed by atoms with E-state index in [4.69, 9.17) is 14.6 Å². The molecule has 0 amide bonds. The third-order valence-electron chi connectivity index (χ3n) is 2.40. The monoisotopic (exact) mass is 269 g/mol. The zero-order valence-electron chi connectivity index (χ0n) is 11.2. The van der Waals surface area contributed by atoms with Crippen LogP contribution in [0.1, 0.15) is 17.4 Å². The van der Waals surface area contributed by atoms with Crippen LogP contribution in [0.3, 0.4) is 0 Å². The van der Waals surface area contributed by atoms with Gasteiger partial charge in [-0.3, -0.25) is 0 Å². The van der Waals surface area contributed by atoms with E-state index in [0.29, 0.717) is 38.8 Å². The Labute approximate surface area is 112 Å². The number of rotatable bonds is 9. The first-order valence-corrected chi connectivity index (χ1v) is 6.07. The summed E-state index contributed by atoms with van der Waals surface area (Å²) in [5, 5.41) is 8.71. The number of aromatic nitrogens is 2. The molecule has 1 rings (SSSR count). The van der Waals surface area contributed by atoms with Crippen molar-refractivity contribution in [1.29, 1.82) is 0 Å². The Morgan fingerprint density at radius 3 is 2.58 bits per heavy atom. The summed E-state index contributed by atoms with van der Waals surface area (Å²) in [6.07, 6.45) is 2.67. The number of ether oxygens (including phenoxy) is 2. The van der Waals surface area contributed by atoms with Crippen molar-refractivity contribution < 1.29 is 19.4 Å². The van der Waals surface area contributed by atoms with Crippen LogP contribution in [-0.2, 0) is 9.47 Å². The van der Waals surface area contributed by atoms with Crippen molar-refractivity contribution in [2.75, 3.05) is 44.9 Å². The summed E-state index contributed by atoms with van der Waals surface area (Å²) in [6.45, 7) is 4.97. The number of aromatic carboxylic acids is 1. The van der Waals surface area contributed by atoms with Gasteiger partial charge in [-0.25, -0.2) is 14.8 Å². The fourth-order valence-electron chi connectivity index (χ4n) is 1.31. The molecule has 0 spiro atoms. The van der Waals surface area contributed by atoms with Crippen LogP contribution in [0.15, 0.2) is 12.4 Å². The number of likely N-dealkylation sites (N-methyl/N-ethyl adjacent to an activating group) is 1. The van der Waals surface area contributed by atoms with Crippen molar-refractivity contribution in [2.45, 2.75) is 6.92 Å². The van der Waals surface area contributed by atoms with Crippen molar-refractivity contribution in [3.63, 3.8) is 0 Å². The number of carbonyl (C=O) groups is 1. The fraction of sp³-hybridized carbons (Fsp3) is 0.583. The van der Waals surface area contributed by atoms with E-state index >= 15 is 0 Å². The van der Waals surface area contributed by atoms with Gasteiger partial charge in [-0.1, -0.05) is 0 Å². The molecule has 0 aliphatic carbocycles. The molecular weight excluding hydrogens is 250 g/mol. The first-order chi connectivity index (χ1) is 9.15. The Balaban J connectivity index is 2.29. The number of anilines is 1. The van der Waals surface area contributed by atoms with Crippen LogP contribution >= 0.6 is 0 Å². The molecule has 19 heavy (non-hydrogen) atoms. The average Bonchev–Trinajstić information content (AvgIpc) is 2.42. The van der Waals surface area contributed by atoms with Gasteiger partial charge in [0.05, 0.1) is 32.2 Å². The fourth-order valence-corrected chi connectivity index (χ4v) is 1.31. The van der Waals surface area contributed by atoms with Crippen LogP contribution in [0.25, 0.3) is 0 Å². The molecule has 0 saturated carbocycles. The summed E-state index contributed by atoms with van der Waals surface area (Å²) in [6, 6.07) is 0. The topological polar surface area (TPSA) is 84.8 Å². The van der Waals surface area contributed by atoms with E-state index in [1.807, 2.05) is 18.9 Å². The van der Waals surface area contributed by atoms with Gasteiger partial charge in [0.1, 0.15) is 5.82 Å². The summed E-state index contributed by atoms with van der Waals surface area (Å²) < 4.78 is 10.5. The van der Waals surface area contributed by atoms with E-state index in [9.17, 15) is 4.79 Å². The number of carboxylic acid groups (broad SMARTS) is 1. The molecule has 0 bridgehead atoms. The molecule has 0 radical (unpaired) electrons. The summed E-state index contributed by atoms with van der Waals surface area (Å²) in [7, 11) is 1.84. The predicted octanol–water partition coefficient (Wildman–Crippen LogP) is 0.664. The lowest BCUT2D eigenvalue weighted by molar-refractivity contribution is 0.0558. The van der Waals surface area contributed by atoms with Gasteiger partial charge in [-0.15, -0.1) is 0 Å². The van der Waals surface area contributed by atoms with Crippen molar-refractivity contribution >= 4 is 11.8 Å². The Morgan fingerprint density at radius 1 is 1.26 bits per heavy atom. The van der Waals surface area contributed by atoms with E-state index in [1.165, 1.54) is 12.4 Å². The minimum atomic E-state index is -1.08. The van der Waals surface area contributed by atoms with Gasteiger partial charge in [-0.05, 0) is 6.92 Å². The summed E-state index contributed by atoms with van der Waals surface area (Å²) in [4.78, 5) is 20.3. The zero-order chi connectivity index (χ0) is 14.1. The smallest absolute Gasteiger partial charge is 0.356 e. The number of nitrogens with zero attached hydrogens (tertiary/aromatic N) is 3. The minimum Gasteiger partial charge on any atom is -0.476 e. The molecule has 7 heteroatoms. The van der Waals surface area contributed by atoms with E-state index in [0.717, 1.165) is 0 Å². The summed E-state index contributed by atoms with van der Waals surface area (Å²) in [5.74, 6) is -0.473. The van der Waals surface area contributed by atoms with Gasteiger partial charge in [-0.2, -0.15) is 0 Å². The van der Waals surface area contributed by atoms with Crippen LogP contribution in [0.2, 0.25) is 0 Å². The molecule has 1 aromatic heterocycles. The molecule has 0 aromatic carbocycles. The molecule has 0 unspecified atom stereocenters. The van der Waals surface area contributed by atoms with Gasteiger partial charge in [0.2, 0.25) is 0 Å². The lowest BCUT2D eigenvalue weighted by Gasteiger charge is -2.17. The standard InChI is InChI=1S/C12H19N3O4/c1-3-18-6-7-19-5-4-15(2)11-9-13-10(8-14-11)12(16)17/h8-9H,3-7H2,1-2H3,(H,16,17). The normalized spacial score (nSPS) is 10.4. The summed E-state index contributed by atoms with van der Waals surface area (Å²) >= 11 is 0. The highest BCUT2D eigenvalue weighted by atomic mass is 16.5. The SMILES string of the molecule is CCOCCOCCN(C)c1cnc(C(=O)O)cn1. The quantitative estimate of drug-likeness (QED) is 0.659. The van der Waals surface area contributed by atoms with E-state index < -0.39 is 5.97 Å². The number of hydrogen-bond donors (Lipinski definition) is 1. The molecule has 7 nitrogen and oxygen atoms in total. The minimum absolute atomic E-state index is 0.0647. The lowest BCUT2D eigenvalue weighted by atomic mass is 10.4. The van der Waals surface area contributed by atoms with Gasteiger partial charge in [0.25, 0.3) is 0 Å². The molecule has 1 aromatic rings. The molecule has 1 N–H and O–H groups in total. The van der Waals surface area contributed by atoms with Gasteiger partial charge >= 0.3 is 5.97 Å². The summed E-state index contributed by atoms with van der Waals surface area (Å²) in [5.41, 5.74) is -0.0647. The molecule has 0 aliphatic rings. The Hall–Kier alpha value is -1.73. The van der Waals surface area contributed by atoms with Crippen molar-refractivity contribution in [2.24, 2.45) is 0 Å². The van der Waals surface area contributed by atoms with Crippen LogP contribution in [0, 0.1) is 0 Å². The predicted molar refractivity (Wildman–Crippen MR) is 69.6 cm³/mol. The third-order valence-corrected chi connectivity index (χ3v) is 2.40. The lowest BCUT2D eigenvalue weighted by Crippen LogP contribution is -2.24. The maximum atomic E-state index is 10.6. The van der Waals surface area contributed by atoms with E-state index in [1.54, 1.807) is 0 Å². The first kappa shape index (κ1) is 15.3. The van der Waals surface area contributed by atoms with Crippen molar-refractivity contribution in [3.05, 3.63) is 18.1 Å². The van der Waals surface area contributed by atoms with Crippen molar-refractivity contribution in [1.82, 2.24) is 9.97 Å². The highest BCUT2D eigenvalue weighted by molar-refractivity contribution is 5.84. The Kier molecular flexibility index (Phi) is 6.76. The van der Waals surface area contributed by atoms with E-state index in [2.05, 4.69) is 9.97 Å². The molecular formula is C12H19N3O4. The molecule has 0 saturated heterocycles. The molecule has 0 fully saturated rings. The highest BCUT2D eigenvalue weighted by Crippen LogP contribution is 2.06. The highest BCUT2D eigenvalue weighted by Gasteiger charge is 2.07. The third kappa shape index (κ3) is 5.62. The Morgan fingerprint density at radius 2 is 2.00 bits per heavy atom. The van der Waals surface area contributed by atoms with Crippen LogP contribution in [0.5, 0.6) is 0 Å². The number of carboxylic acids is 1. The largest absolute Gasteiger partial charge is 0.476 e. The van der Waals surface area contributed by atoms with Gasteiger partial charge in [0.15, 0.2) is 5.69 Å². The molecule has 106 valence electrons. The maximum absolute atomic E-state index is 10.6. The maximum Gasteiger partial charge on any atom is 0.356 e. The zero-order valence-corrected chi connectivity index (χ0v) is 11.2. The van der Waals surface area contributed by atoms with Gasteiger partial charge in [0, 0.05) is 20.2 Å². The van der Waals surface area contributed by atoms with Crippen LogP contribution < -0.4 is 4.90 Å². The second-order valence-corrected chi connectivity index (χ2v) is 3.80. The average molecular weight is 269 g/mol. The van der Waals surface area contributed by atoms with Gasteiger partial charge < -0.3 is 19.5 Å². The molecule has 0 aliphatic heterocycles. The van der Waals surface area contributed by atoms with Crippen LogP contribution in [-0.4, -0.2) is 61.1 Å². The second-order valence-electron chi connectivity index (χ2n) is 3.80. The van der Waals surface area contributed by atoms with Crippen LogP contribution in [0.4, 0.5) is 5.82 Å².